The number of hydrogen-bond donors (Lipinski definition) is 2. The Hall–Kier alpha value is -3.80. The van der Waals surface area contributed by atoms with Gasteiger partial charge in [0.2, 0.25) is 11.8 Å². The van der Waals surface area contributed by atoms with Gasteiger partial charge in [0.15, 0.2) is 0 Å². The van der Waals surface area contributed by atoms with Crippen molar-refractivity contribution >= 4 is 45.3 Å². The molecule has 2 N–H and O–H groups in total. The van der Waals surface area contributed by atoms with Crippen LogP contribution in [0.15, 0.2) is 73.8 Å². The van der Waals surface area contributed by atoms with Crippen LogP contribution in [-0.2, 0) is 28.7 Å². The van der Waals surface area contributed by atoms with E-state index < -0.39 is 53.6 Å². The van der Waals surface area contributed by atoms with Gasteiger partial charge in [-0.3, -0.25) is 19.2 Å². The van der Waals surface area contributed by atoms with Crippen molar-refractivity contribution in [3.8, 4) is 0 Å². The summed E-state index contributed by atoms with van der Waals surface area (Å²) in [7, 11) is 0. The monoisotopic (exact) mass is 763 g/mol. The lowest BCUT2D eigenvalue weighted by atomic mass is 9.70. The van der Waals surface area contributed by atoms with E-state index in [-0.39, 0.29) is 48.7 Å². The number of anilines is 1. The van der Waals surface area contributed by atoms with Crippen LogP contribution >= 0.6 is 15.9 Å². The number of nitrogens with one attached hydrogen (secondary N) is 1. The number of amides is 3. The molecule has 1 unspecified atom stereocenters. The molecule has 0 aromatic heterocycles. The van der Waals surface area contributed by atoms with Crippen molar-refractivity contribution < 1.29 is 33.8 Å². The molecular weight excluding hydrogens is 714 g/mol. The molecule has 51 heavy (non-hydrogen) atoms. The quantitative estimate of drug-likeness (QED) is 0.134. The number of likely N-dealkylation sites (tertiary alicyclic amines) is 1. The molecule has 3 saturated heterocycles. The lowest BCUT2D eigenvalue weighted by Crippen LogP contribution is -2.60. The first-order valence-corrected chi connectivity index (χ1v) is 18.7. The minimum Gasteiger partial charge on any atom is -0.455 e. The number of fused-ring (bicyclic) bond motifs is 1. The van der Waals surface area contributed by atoms with Crippen molar-refractivity contribution in [3.05, 3.63) is 90.5 Å². The summed E-state index contributed by atoms with van der Waals surface area (Å²) in [5, 5.41) is 13.7. The van der Waals surface area contributed by atoms with E-state index in [2.05, 4.69) is 34.4 Å². The maximum atomic E-state index is 15.1. The van der Waals surface area contributed by atoms with Crippen molar-refractivity contribution in [1.29, 1.82) is 0 Å². The highest BCUT2D eigenvalue weighted by atomic mass is 79.9. The summed E-state index contributed by atoms with van der Waals surface area (Å²) in [4.78, 5) is 59.8. The second-order valence-electron chi connectivity index (χ2n) is 14.0. The Kier molecular flexibility index (Phi) is 12.2. The fraction of sp³-hybridized carbons (Fsp3) is 0.500. The minimum absolute atomic E-state index is 0.0334. The van der Waals surface area contributed by atoms with Gasteiger partial charge in [-0.2, -0.15) is 0 Å². The first-order valence-electron chi connectivity index (χ1n) is 17.8. The number of ether oxygens (including phenoxy) is 2. The van der Waals surface area contributed by atoms with Crippen LogP contribution in [0.5, 0.6) is 0 Å². The van der Waals surface area contributed by atoms with Crippen LogP contribution in [0.3, 0.4) is 0 Å². The van der Waals surface area contributed by atoms with Crippen LogP contribution in [0.4, 0.5) is 5.69 Å². The molecular formula is C40H50BrN3O7. The highest BCUT2D eigenvalue weighted by molar-refractivity contribution is 9.09. The summed E-state index contributed by atoms with van der Waals surface area (Å²) in [5.41, 5.74) is 1.85. The van der Waals surface area contributed by atoms with Gasteiger partial charge in [0.1, 0.15) is 17.7 Å². The normalized spacial score (nSPS) is 26.6. The van der Waals surface area contributed by atoms with Crippen LogP contribution in [0, 0.1) is 31.6 Å². The van der Waals surface area contributed by atoms with Gasteiger partial charge in [-0.1, -0.05) is 90.8 Å². The van der Waals surface area contributed by atoms with Gasteiger partial charge < -0.3 is 29.7 Å². The van der Waals surface area contributed by atoms with E-state index in [4.69, 9.17) is 9.47 Å². The molecule has 5 rings (SSSR count). The number of rotatable bonds is 16. The Labute approximate surface area is 309 Å². The number of alkyl halides is 1. The molecule has 3 amide bonds. The largest absolute Gasteiger partial charge is 0.455 e. The van der Waals surface area contributed by atoms with Gasteiger partial charge in [-0.15, -0.1) is 13.2 Å². The van der Waals surface area contributed by atoms with Crippen molar-refractivity contribution in [2.45, 2.75) is 88.1 Å². The van der Waals surface area contributed by atoms with Crippen LogP contribution in [0.2, 0.25) is 0 Å². The fourth-order valence-corrected chi connectivity index (χ4v) is 8.97. The van der Waals surface area contributed by atoms with E-state index in [1.807, 2.05) is 76.2 Å². The van der Waals surface area contributed by atoms with E-state index in [0.29, 0.717) is 30.5 Å². The van der Waals surface area contributed by atoms with Gasteiger partial charge in [0.25, 0.3) is 5.91 Å². The Balaban J connectivity index is 1.55. The number of allylic oxidation sites excluding steroid dienone is 1. The average Bonchev–Trinajstić information content (AvgIpc) is 3.72. The summed E-state index contributed by atoms with van der Waals surface area (Å²) in [6, 6.07) is 13.2. The molecule has 3 aliphatic heterocycles. The summed E-state index contributed by atoms with van der Waals surface area (Å²) < 4.78 is 13.0. The number of benzene rings is 2. The van der Waals surface area contributed by atoms with Crippen LogP contribution in [0.1, 0.15) is 62.3 Å². The molecule has 2 aromatic carbocycles. The minimum atomic E-state index is -1.37. The number of halogens is 1. The molecule has 3 aliphatic rings. The molecule has 1 spiro atoms. The SMILES string of the molecule is C=CCCC(=O)NC[C@H](OC(=O)[C@@H]1[C@H]2O[C@@]3(CC2Br)[C@H](C(=O)N(CC=C)c2cc(C)ccc2C)N([C@@H](CO)[C@@H](C)CC)C(=O)[C@@H]13)c1ccccc1. The predicted molar refractivity (Wildman–Crippen MR) is 199 cm³/mol. The molecule has 0 aliphatic carbocycles. The summed E-state index contributed by atoms with van der Waals surface area (Å²) >= 11 is 3.75. The molecule has 274 valence electrons. The zero-order valence-corrected chi connectivity index (χ0v) is 31.5. The van der Waals surface area contributed by atoms with Crippen molar-refractivity contribution in [2.75, 3.05) is 24.6 Å². The summed E-state index contributed by atoms with van der Waals surface area (Å²) in [6.07, 6.45) is 3.45. The maximum absolute atomic E-state index is 15.1. The van der Waals surface area contributed by atoms with Gasteiger partial charge in [-0.25, -0.2) is 0 Å². The number of nitrogens with zero attached hydrogens (tertiary/aromatic N) is 2. The summed E-state index contributed by atoms with van der Waals surface area (Å²) in [5.74, 6) is -3.85. The molecule has 11 heteroatoms. The molecule has 9 atom stereocenters. The first kappa shape index (κ1) is 38.4. The number of carbonyl (C=O) groups is 4. The third kappa shape index (κ3) is 7.30. The standard InChI is InChI=1S/C40H50BrN3O7/c1-7-10-16-32(46)42-22-31(27-14-12-11-13-15-27)50-39(49)33-34-37(47)44(30(23-45)25(5)9-3)36(40(34)21-28(41)35(33)51-40)38(48)43(19-8-2)29-20-24(4)17-18-26(29)6/h7-8,11-15,17-18,20,25,28,30-31,33-36,45H,1-2,9-10,16,19,21-23H2,3-6H3,(H,42,46)/t25-,28?,30-,31-,33-,34+,35-,36-,40+/m0/s1. The number of hydrogen-bond acceptors (Lipinski definition) is 7. The number of aryl methyl sites for hydroxylation is 2. The maximum Gasteiger partial charge on any atom is 0.313 e. The molecule has 2 aromatic rings. The fourth-order valence-electron chi connectivity index (χ4n) is 8.02. The zero-order valence-electron chi connectivity index (χ0n) is 29.9. The van der Waals surface area contributed by atoms with Crippen molar-refractivity contribution in [2.24, 2.45) is 17.8 Å². The third-order valence-electron chi connectivity index (χ3n) is 10.8. The molecule has 2 bridgehead atoms. The van der Waals surface area contributed by atoms with E-state index >= 15 is 4.79 Å². The third-order valence-corrected chi connectivity index (χ3v) is 11.6. The Morgan fingerprint density at radius 2 is 1.90 bits per heavy atom. The van der Waals surface area contributed by atoms with Crippen LogP contribution in [0.25, 0.3) is 0 Å². The Bertz CT molecular complexity index is 1630. The van der Waals surface area contributed by atoms with E-state index in [1.165, 1.54) is 4.90 Å². The van der Waals surface area contributed by atoms with Gasteiger partial charge >= 0.3 is 5.97 Å². The highest BCUT2D eigenvalue weighted by Crippen LogP contribution is 2.61. The molecule has 0 saturated carbocycles. The zero-order chi connectivity index (χ0) is 37.0. The lowest BCUT2D eigenvalue weighted by Gasteiger charge is -2.41. The molecule has 3 heterocycles. The number of esters is 1. The predicted octanol–water partition coefficient (Wildman–Crippen LogP) is 5.34. The Morgan fingerprint density at radius 1 is 1.18 bits per heavy atom. The smallest absolute Gasteiger partial charge is 0.313 e. The van der Waals surface area contributed by atoms with Gasteiger partial charge in [0.05, 0.1) is 37.1 Å². The second kappa shape index (κ2) is 16.3. The first-order chi connectivity index (χ1) is 24.4. The van der Waals surface area contributed by atoms with Crippen LogP contribution < -0.4 is 10.2 Å². The van der Waals surface area contributed by atoms with Gasteiger partial charge in [-0.05, 0) is 55.4 Å². The van der Waals surface area contributed by atoms with Crippen LogP contribution in [-0.4, -0.2) is 82.0 Å². The second-order valence-corrected chi connectivity index (χ2v) is 15.2. The topological polar surface area (TPSA) is 125 Å². The molecule has 0 radical (unpaired) electrons. The van der Waals surface area contributed by atoms with Crippen molar-refractivity contribution in [1.82, 2.24) is 10.2 Å². The molecule has 3 fully saturated rings. The number of carbonyl (C=O) groups excluding carboxylic acids is 4. The highest BCUT2D eigenvalue weighted by Gasteiger charge is 2.78. The van der Waals surface area contributed by atoms with Crippen molar-refractivity contribution in [3.63, 3.8) is 0 Å². The Morgan fingerprint density at radius 3 is 2.55 bits per heavy atom. The molecule has 10 nitrogen and oxygen atoms in total. The number of aliphatic hydroxyl groups excluding tert-OH is 1. The van der Waals surface area contributed by atoms with E-state index in [9.17, 15) is 19.5 Å². The summed E-state index contributed by atoms with van der Waals surface area (Å²) in [6.45, 7) is 15.2. The van der Waals surface area contributed by atoms with E-state index in [1.54, 1.807) is 17.1 Å². The van der Waals surface area contributed by atoms with E-state index in [0.717, 1.165) is 11.1 Å². The lowest BCUT2D eigenvalue weighted by molar-refractivity contribution is -0.161. The van der Waals surface area contributed by atoms with Gasteiger partial charge in [0, 0.05) is 23.5 Å². The average molecular weight is 765 g/mol. The number of aliphatic hydroxyl groups is 1.